The Morgan fingerprint density at radius 3 is 2.69 bits per heavy atom. The van der Waals surface area contributed by atoms with Gasteiger partial charge in [-0.15, -0.1) is 0 Å². The highest BCUT2D eigenvalue weighted by Gasteiger charge is 2.33. The van der Waals surface area contributed by atoms with E-state index in [-0.39, 0.29) is 0 Å². The van der Waals surface area contributed by atoms with E-state index >= 15 is 0 Å². The summed E-state index contributed by atoms with van der Waals surface area (Å²) in [5.41, 5.74) is 5.89. The van der Waals surface area contributed by atoms with Crippen LogP contribution in [0.2, 0.25) is 0 Å². The molecule has 136 valence electrons. The Morgan fingerprint density at radius 1 is 1.00 bits per heavy atom. The SMILES string of the molecule is c1ccc(CN2CCN3c4ccnc(CC5CCC5)c4CC[C@@H]3C2)cc1. The molecule has 1 aromatic heterocycles. The molecule has 0 amide bonds. The third-order valence-electron chi connectivity index (χ3n) is 6.68. The summed E-state index contributed by atoms with van der Waals surface area (Å²) in [6.45, 7) is 4.58. The van der Waals surface area contributed by atoms with Crippen molar-refractivity contribution in [3.05, 3.63) is 59.4 Å². The second-order valence-corrected chi connectivity index (χ2v) is 8.36. The average Bonchev–Trinajstić information content (AvgIpc) is 2.65. The molecule has 2 fully saturated rings. The minimum Gasteiger partial charge on any atom is -0.366 e. The molecule has 2 aliphatic heterocycles. The van der Waals surface area contributed by atoms with Gasteiger partial charge in [-0.1, -0.05) is 49.6 Å². The molecule has 1 saturated heterocycles. The fourth-order valence-electron chi connectivity index (χ4n) is 4.99. The Balaban J connectivity index is 1.30. The molecule has 5 rings (SSSR count). The van der Waals surface area contributed by atoms with E-state index in [0.717, 1.165) is 25.6 Å². The lowest BCUT2D eigenvalue weighted by atomic mass is 9.80. The molecular weight excluding hydrogens is 318 g/mol. The van der Waals surface area contributed by atoms with Gasteiger partial charge in [-0.2, -0.15) is 0 Å². The Kier molecular flexibility index (Phi) is 4.41. The lowest BCUT2D eigenvalue weighted by molar-refractivity contribution is 0.206. The van der Waals surface area contributed by atoms with E-state index < -0.39 is 0 Å². The van der Waals surface area contributed by atoms with Crippen LogP contribution in [0, 0.1) is 5.92 Å². The first-order chi connectivity index (χ1) is 12.9. The van der Waals surface area contributed by atoms with Crippen molar-refractivity contribution in [2.45, 2.75) is 51.1 Å². The number of benzene rings is 1. The third-order valence-corrected chi connectivity index (χ3v) is 6.68. The zero-order valence-corrected chi connectivity index (χ0v) is 15.6. The van der Waals surface area contributed by atoms with E-state index in [1.807, 2.05) is 0 Å². The molecule has 1 aromatic carbocycles. The van der Waals surface area contributed by atoms with Crippen molar-refractivity contribution in [1.29, 1.82) is 0 Å². The van der Waals surface area contributed by atoms with Gasteiger partial charge < -0.3 is 4.90 Å². The number of anilines is 1. The van der Waals surface area contributed by atoms with Crippen molar-refractivity contribution < 1.29 is 0 Å². The van der Waals surface area contributed by atoms with Crippen LogP contribution in [0.4, 0.5) is 5.69 Å². The zero-order chi connectivity index (χ0) is 17.3. The maximum Gasteiger partial charge on any atom is 0.0458 e. The van der Waals surface area contributed by atoms with Gasteiger partial charge in [0.1, 0.15) is 0 Å². The minimum atomic E-state index is 0.666. The van der Waals surface area contributed by atoms with E-state index in [4.69, 9.17) is 4.98 Å². The van der Waals surface area contributed by atoms with Gasteiger partial charge in [0.2, 0.25) is 0 Å². The summed E-state index contributed by atoms with van der Waals surface area (Å²) in [4.78, 5) is 10.1. The first kappa shape index (κ1) is 16.3. The fraction of sp³-hybridized carbons (Fsp3) is 0.522. The maximum absolute atomic E-state index is 4.79. The predicted molar refractivity (Wildman–Crippen MR) is 106 cm³/mol. The van der Waals surface area contributed by atoms with Crippen molar-refractivity contribution in [2.24, 2.45) is 5.92 Å². The molecule has 0 bridgehead atoms. The highest BCUT2D eigenvalue weighted by molar-refractivity contribution is 5.58. The number of nitrogens with zero attached hydrogens (tertiary/aromatic N) is 3. The minimum absolute atomic E-state index is 0.666. The summed E-state index contributed by atoms with van der Waals surface area (Å²) in [6.07, 6.45) is 10.0. The van der Waals surface area contributed by atoms with E-state index in [9.17, 15) is 0 Å². The average molecular weight is 348 g/mol. The lowest BCUT2D eigenvalue weighted by Crippen LogP contribution is -2.54. The number of pyridine rings is 1. The second kappa shape index (κ2) is 7.03. The van der Waals surface area contributed by atoms with Gasteiger partial charge in [0.05, 0.1) is 0 Å². The van der Waals surface area contributed by atoms with E-state index in [1.54, 1.807) is 5.56 Å². The lowest BCUT2D eigenvalue weighted by Gasteiger charge is -2.46. The summed E-state index contributed by atoms with van der Waals surface area (Å²) in [5, 5.41) is 0. The van der Waals surface area contributed by atoms with Crippen molar-refractivity contribution in [1.82, 2.24) is 9.88 Å². The fourth-order valence-corrected chi connectivity index (χ4v) is 4.99. The smallest absolute Gasteiger partial charge is 0.0458 e. The quantitative estimate of drug-likeness (QED) is 0.831. The van der Waals surface area contributed by atoms with E-state index in [0.29, 0.717) is 6.04 Å². The molecule has 3 heterocycles. The van der Waals surface area contributed by atoms with Gasteiger partial charge in [-0.05, 0) is 42.4 Å². The van der Waals surface area contributed by atoms with Gasteiger partial charge in [0.15, 0.2) is 0 Å². The zero-order valence-electron chi connectivity index (χ0n) is 15.6. The van der Waals surface area contributed by atoms with Crippen molar-refractivity contribution >= 4 is 5.69 Å². The number of hydrogen-bond donors (Lipinski definition) is 0. The highest BCUT2D eigenvalue weighted by Crippen LogP contribution is 2.37. The first-order valence-electron chi connectivity index (χ1n) is 10.4. The summed E-state index contributed by atoms with van der Waals surface area (Å²) in [5.74, 6) is 0.898. The van der Waals surface area contributed by atoms with Gasteiger partial charge in [0.25, 0.3) is 0 Å². The Bertz CT molecular complexity index is 753. The predicted octanol–water partition coefficient (Wildman–Crippen LogP) is 4.06. The number of piperazine rings is 1. The molecule has 0 radical (unpaired) electrons. The van der Waals surface area contributed by atoms with Crippen molar-refractivity contribution in [3.8, 4) is 0 Å². The molecule has 26 heavy (non-hydrogen) atoms. The van der Waals surface area contributed by atoms with E-state index in [1.165, 1.54) is 62.0 Å². The normalized spacial score (nSPS) is 23.2. The molecule has 0 N–H and O–H groups in total. The molecule has 1 saturated carbocycles. The molecule has 0 unspecified atom stereocenters. The van der Waals surface area contributed by atoms with Crippen LogP contribution in [-0.4, -0.2) is 35.6 Å². The van der Waals surface area contributed by atoms with Crippen LogP contribution in [0.15, 0.2) is 42.6 Å². The van der Waals surface area contributed by atoms with Crippen LogP contribution < -0.4 is 4.90 Å². The molecule has 3 nitrogen and oxygen atoms in total. The molecular formula is C23H29N3. The summed E-state index contributed by atoms with van der Waals surface area (Å²) >= 11 is 0. The number of fused-ring (bicyclic) bond motifs is 3. The Morgan fingerprint density at radius 2 is 1.88 bits per heavy atom. The van der Waals surface area contributed by atoms with Crippen LogP contribution in [0.5, 0.6) is 0 Å². The molecule has 3 aliphatic rings. The Labute approximate surface area is 157 Å². The van der Waals surface area contributed by atoms with E-state index in [2.05, 4.69) is 52.4 Å². The highest BCUT2D eigenvalue weighted by atomic mass is 15.3. The number of aromatic nitrogens is 1. The van der Waals surface area contributed by atoms with Crippen LogP contribution in [-0.2, 0) is 19.4 Å². The number of hydrogen-bond acceptors (Lipinski definition) is 3. The summed E-state index contributed by atoms with van der Waals surface area (Å²) in [7, 11) is 0. The van der Waals surface area contributed by atoms with Gasteiger partial charge in [0, 0.05) is 49.8 Å². The maximum atomic E-state index is 4.79. The van der Waals surface area contributed by atoms with Gasteiger partial charge >= 0.3 is 0 Å². The monoisotopic (exact) mass is 347 g/mol. The van der Waals surface area contributed by atoms with Crippen LogP contribution in [0.3, 0.4) is 0 Å². The standard InChI is InChI=1S/C23H29N3/c1-2-5-19(6-3-1)16-25-13-14-26-20(17-25)9-10-21-22(15-18-7-4-8-18)24-12-11-23(21)26/h1-3,5-6,11-12,18,20H,4,7-10,13-17H2/t20-/m1/s1. The number of rotatable bonds is 4. The first-order valence-corrected chi connectivity index (χ1v) is 10.4. The second-order valence-electron chi connectivity index (χ2n) is 8.36. The Hall–Kier alpha value is -1.87. The van der Waals surface area contributed by atoms with Gasteiger partial charge in [-0.3, -0.25) is 9.88 Å². The van der Waals surface area contributed by atoms with Crippen LogP contribution >= 0.6 is 0 Å². The van der Waals surface area contributed by atoms with Crippen LogP contribution in [0.1, 0.15) is 42.5 Å². The van der Waals surface area contributed by atoms with Crippen molar-refractivity contribution in [2.75, 3.05) is 24.5 Å². The summed E-state index contributed by atoms with van der Waals surface area (Å²) in [6, 6.07) is 13.9. The van der Waals surface area contributed by atoms with Crippen molar-refractivity contribution in [3.63, 3.8) is 0 Å². The molecule has 0 spiro atoms. The topological polar surface area (TPSA) is 19.4 Å². The molecule has 2 aromatic rings. The molecule has 1 aliphatic carbocycles. The van der Waals surface area contributed by atoms with Crippen LogP contribution in [0.25, 0.3) is 0 Å². The summed E-state index contributed by atoms with van der Waals surface area (Å²) < 4.78 is 0. The third kappa shape index (κ3) is 3.14. The molecule has 3 heteroatoms. The molecule has 1 atom stereocenters. The van der Waals surface area contributed by atoms with Gasteiger partial charge in [-0.25, -0.2) is 0 Å². The largest absolute Gasteiger partial charge is 0.366 e.